The molecule has 1 atom stereocenters. The number of hydrogen-bond donors (Lipinski definition) is 2. The molecule has 0 fully saturated rings. The van der Waals surface area contributed by atoms with Crippen LogP contribution in [0.2, 0.25) is 0 Å². The second-order valence-electron chi connectivity index (χ2n) is 7.61. The van der Waals surface area contributed by atoms with Gasteiger partial charge in [0.25, 0.3) is 15.9 Å². The van der Waals surface area contributed by atoms with E-state index in [1.54, 1.807) is 19.1 Å². The quantitative estimate of drug-likeness (QED) is 0.346. The highest BCUT2D eigenvalue weighted by Crippen LogP contribution is 2.26. The predicted molar refractivity (Wildman–Crippen MR) is 131 cm³/mol. The van der Waals surface area contributed by atoms with Gasteiger partial charge in [-0.2, -0.15) is 0 Å². The van der Waals surface area contributed by atoms with Crippen molar-refractivity contribution >= 4 is 38.1 Å². The molecule has 0 saturated heterocycles. The fourth-order valence-electron chi connectivity index (χ4n) is 3.46. The maximum absolute atomic E-state index is 13.1. The highest BCUT2D eigenvalue weighted by atomic mass is 32.2. The summed E-state index contributed by atoms with van der Waals surface area (Å²) in [7, 11) is -3.83. The van der Waals surface area contributed by atoms with Crippen molar-refractivity contribution < 1.29 is 22.3 Å². The SMILES string of the molecule is CC[C@@H](Oc1ccc(F)cc1)C(=O)Nc1ccc(S(=O)(=O)Nc2cccc3ccccc23)cc1. The Morgan fingerprint density at radius 1 is 0.912 bits per heavy atom. The molecule has 0 bridgehead atoms. The van der Waals surface area contributed by atoms with Gasteiger partial charge in [-0.05, 0) is 66.4 Å². The van der Waals surface area contributed by atoms with Crippen LogP contribution in [0.4, 0.5) is 15.8 Å². The van der Waals surface area contributed by atoms with E-state index in [0.717, 1.165) is 10.8 Å². The molecule has 2 N–H and O–H groups in total. The summed E-state index contributed by atoms with van der Waals surface area (Å²) >= 11 is 0. The van der Waals surface area contributed by atoms with Gasteiger partial charge in [0.15, 0.2) is 6.10 Å². The zero-order chi connectivity index (χ0) is 24.1. The molecule has 4 rings (SSSR count). The minimum atomic E-state index is -3.83. The second-order valence-corrected chi connectivity index (χ2v) is 9.30. The van der Waals surface area contributed by atoms with E-state index in [2.05, 4.69) is 10.0 Å². The summed E-state index contributed by atoms with van der Waals surface area (Å²) in [5.41, 5.74) is 0.912. The van der Waals surface area contributed by atoms with Gasteiger partial charge < -0.3 is 10.1 Å². The number of fused-ring (bicyclic) bond motifs is 1. The van der Waals surface area contributed by atoms with Gasteiger partial charge in [0.05, 0.1) is 10.6 Å². The fraction of sp³-hybridized carbons (Fsp3) is 0.115. The number of halogens is 1. The molecule has 0 spiro atoms. The third-order valence-corrected chi connectivity index (χ3v) is 6.60. The third kappa shape index (κ3) is 5.35. The Kier molecular flexibility index (Phi) is 6.79. The van der Waals surface area contributed by atoms with Crippen LogP contribution in [-0.4, -0.2) is 20.4 Å². The van der Waals surface area contributed by atoms with Crippen LogP contribution in [-0.2, 0) is 14.8 Å². The number of nitrogens with one attached hydrogen (secondary N) is 2. The van der Waals surface area contributed by atoms with E-state index < -0.39 is 27.9 Å². The first-order chi connectivity index (χ1) is 16.4. The van der Waals surface area contributed by atoms with Crippen molar-refractivity contribution in [2.75, 3.05) is 10.0 Å². The molecule has 174 valence electrons. The van der Waals surface area contributed by atoms with E-state index >= 15 is 0 Å². The van der Waals surface area contributed by atoms with Crippen molar-refractivity contribution in [3.8, 4) is 5.75 Å². The lowest BCUT2D eigenvalue weighted by atomic mass is 10.1. The first-order valence-corrected chi connectivity index (χ1v) is 12.2. The summed E-state index contributed by atoms with van der Waals surface area (Å²) in [6.07, 6.45) is -0.396. The van der Waals surface area contributed by atoms with Crippen LogP contribution in [0.5, 0.6) is 5.75 Å². The maximum atomic E-state index is 13.1. The van der Waals surface area contributed by atoms with Crippen LogP contribution >= 0.6 is 0 Å². The van der Waals surface area contributed by atoms with Crippen molar-refractivity contribution in [3.05, 3.63) is 96.8 Å². The largest absolute Gasteiger partial charge is 0.481 e. The van der Waals surface area contributed by atoms with Crippen LogP contribution in [0.3, 0.4) is 0 Å². The molecular weight excluding hydrogens is 455 g/mol. The van der Waals surface area contributed by atoms with Crippen LogP contribution in [0, 0.1) is 5.82 Å². The highest BCUT2D eigenvalue weighted by molar-refractivity contribution is 7.92. The smallest absolute Gasteiger partial charge is 0.265 e. The zero-order valence-electron chi connectivity index (χ0n) is 18.4. The molecule has 8 heteroatoms. The third-order valence-electron chi connectivity index (χ3n) is 5.22. The standard InChI is InChI=1S/C26H23FN2O4S/c1-2-25(33-21-14-10-19(27)11-15-21)26(30)28-20-12-16-22(17-13-20)34(31,32)29-24-9-5-7-18-6-3-4-8-23(18)24/h3-17,25,29H,2H2,1H3,(H,28,30)/t25-/m1/s1. The molecule has 0 aliphatic heterocycles. The molecule has 0 heterocycles. The van der Waals surface area contributed by atoms with Gasteiger partial charge in [-0.1, -0.05) is 43.3 Å². The van der Waals surface area contributed by atoms with Crippen molar-refractivity contribution in [1.82, 2.24) is 0 Å². The van der Waals surface area contributed by atoms with Gasteiger partial charge in [-0.3, -0.25) is 9.52 Å². The Hall–Kier alpha value is -3.91. The average molecular weight is 479 g/mol. The van der Waals surface area contributed by atoms with E-state index in [4.69, 9.17) is 4.74 Å². The molecule has 0 saturated carbocycles. The van der Waals surface area contributed by atoms with E-state index in [1.807, 2.05) is 30.3 Å². The number of ether oxygens (including phenoxy) is 1. The van der Waals surface area contributed by atoms with Crippen molar-refractivity contribution in [2.45, 2.75) is 24.3 Å². The molecule has 4 aromatic rings. The summed E-state index contributed by atoms with van der Waals surface area (Å²) in [5, 5.41) is 4.44. The first kappa shape index (κ1) is 23.3. The van der Waals surface area contributed by atoms with E-state index in [0.29, 0.717) is 23.5 Å². The number of amides is 1. The fourth-order valence-corrected chi connectivity index (χ4v) is 4.54. The molecule has 0 radical (unpaired) electrons. The lowest BCUT2D eigenvalue weighted by Crippen LogP contribution is -2.32. The Morgan fingerprint density at radius 2 is 1.59 bits per heavy atom. The predicted octanol–water partition coefficient (Wildman–Crippen LogP) is 5.58. The van der Waals surface area contributed by atoms with E-state index in [9.17, 15) is 17.6 Å². The molecule has 0 aliphatic carbocycles. The van der Waals surface area contributed by atoms with Gasteiger partial charge in [-0.15, -0.1) is 0 Å². The summed E-state index contributed by atoms with van der Waals surface area (Å²) in [5.74, 6) is -0.407. The van der Waals surface area contributed by atoms with Crippen molar-refractivity contribution in [3.63, 3.8) is 0 Å². The molecule has 6 nitrogen and oxygen atoms in total. The highest BCUT2D eigenvalue weighted by Gasteiger charge is 2.20. The van der Waals surface area contributed by atoms with Crippen LogP contribution in [0.1, 0.15) is 13.3 Å². The van der Waals surface area contributed by atoms with Crippen LogP contribution < -0.4 is 14.8 Å². The van der Waals surface area contributed by atoms with Crippen molar-refractivity contribution in [1.29, 1.82) is 0 Å². The molecule has 34 heavy (non-hydrogen) atoms. The minimum Gasteiger partial charge on any atom is -0.481 e. The monoisotopic (exact) mass is 478 g/mol. The van der Waals surface area contributed by atoms with E-state index in [-0.39, 0.29) is 4.90 Å². The molecule has 0 unspecified atom stereocenters. The molecule has 0 aromatic heterocycles. The number of sulfonamides is 1. The summed E-state index contributed by atoms with van der Waals surface area (Å²) in [6.45, 7) is 1.79. The number of benzene rings is 4. The lowest BCUT2D eigenvalue weighted by Gasteiger charge is -2.17. The number of rotatable bonds is 8. The minimum absolute atomic E-state index is 0.0630. The van der Waals surface area contributed by atoms with Gasteiger partial charge >= 0.3 is 0 Å². The molecule has 1 amide bonds. The van der Waals surface area contributed by atoms with E-state index in [1.165, 1.54) is 48.5 Å². The van der Waals surface area contributed by atoms with Crippen molar-refractivity contribution in [2.24, 2.45) is 0 Å². The average Bonchev–Trinajstić information content (AvgIpc) is 2.84. The molecule has 4 aromatic carbocycles. The van der Waals surface area contributed by atoms with Crippen LogP contribution in [0.15, 0.2) is 95.9 Å². The second kappa shape index (κ2) is 9.93. The summed E-state index contributed by atoms with van der Waals surface area (Å²) in [6, 6.07) is 24.2. The Morgan fingerprint density at radius 3 is 2.29 bits per heavy atom. The lowest BCUT2D eigenvalue weighted by molar-refractivity contribution is -0.122. The Bertz CT molecular complexity index is 1400. The van der Waals surface area contributed by atoms with Gasteiger partial charge in [0.2, 0.25) is 0 Å². The van der Waals surface area contributed by atoms with Gasteiger partial charge in [0.1, 0.15) is 11.6 Å². The number of anilines is 2. The van der Waals surface area contributed by atoms with Crippen LogP contribution in [0.25, 0.3) is 10.8 Å². The number of carbonyl (C=O) groups excluding carboxylic acids is 1. The topological polar surface area (TPSA) is 84.5 Å². The summed E-state index contributed by atoms with van der Waals surface area (Å²) < 4.78 is 47.2. The number of carbonyl (C=O) groups is 1. The summed E-state index contributed by atoms with van der Waals surface area (Å²) in [4.78, 5) is 12.7. The normalized spacial score (nSPS) is 12.2. The Labute approximate surface area is 197 Å². The van der Waals surface area contributed by atoms with Gasteiger partial charge in [-0.25, -0.2) is 12.8 Å². The molecule has 0 aliphatic rings. The first-order valence-electron chi connectivity index (χ1n) is 10.7. The van der Waals surface area contributed by atoms with Gasteiger partial charge in [0, 0.05) is 11.1 Å². The Balaban J connectivity index is 1.45. The number of hydrogen-bond acceptors (Lipinski definition) is 4. The molecular formula is C26H23FN2O4S. The zero-order valence-corrected chi connectivity index (χ0v) is 19.2. The maximum Gasteiger partial charge on any atom is 0.265 e.